The molecule has 0 aromatic heterocycles. The van der Waals surface area contributed by atoms with Crippen molar-refractivity contribution in [3.63, 3.8) is 0 Å². The second kappa shape index (κ2) is 4.82. The summed E-state index contributed by atoms with van der Waals surface area (Å²) in [6.07, 6.45) is 0.212. The SMILES string of the molecule is Cc1ccc(C)c(CC(=O)C(=O)C(C)(C)C)c1. The maximum Gasteiger partial charge on any atom is 0.204 e. The molecular formula is C15H20O2. The van der Waals surface area contributed by atoms with E-state index in [2.05, 4.69) is 0 Å². The number of carbonyl (C=O) groups is 2. The van der Waals surface area contributed by atoms with Crippen molar-refractivity contribution in [1.29, 1.82) is 0 Å². The normalized spacial score (nSPS) is 11.4. The minimum absolute atomic E-state index is 0.212. The van der Waals surface area contributed by atoms with Crippen molar-refractivity contribution in [1.82, 2.24) is 0 Å². The Morgan fingerprint density at radius 1 is 1.12 bits per heavy atom. The van der Waals surface area contributed by atoms with Crippen LogP contribution < -0.4 is 0 Å². The van der Waals surface area contributed by atoms with Gasteiger partial charge in [0.15, 0.2) is 0 Å². The molecule has 0 amide bonds. The lowest BCUT2D eigenvalue weighted by Crippen LogP contribution is -2.29. The molecule has 0 radical (unpaired) electrons. The van der Waals surface area contributed by atoms with Crippen LogP contribution >= 0.6 is 0 Å². The average Bonchev–Trinajstić information content (AvgIpc) is 2.21. The Morgan fingerprint density at radius 2 is 1.71 bits per heavy atom. The molecule has 0 heterocycles. The molecule has 2 heteroatoms. The van der Waals surface area contributed by atoms with Crippen LogP contribution in [0, 0.1) is 19.3 Å². The standard InChI is InChI=1S/C15H20O2/c1-10-6-7-11(2)12(8-10)9-13(16)14(17)15(3,4)5/h6-8H,9H2,1-5H3. The van der Waals surface area contributed by atoms with Crippen molar-refractivity contribution in [2.45, 2.75) is 41.0 Å². The lowest BCUT2D eigenvalue weighted by Gasteiger charge is -2.15. The molecular weight excluding hydrogens is 212 g/mol. The molecule has 0 saturated carbocycles. The van der Waals surface area contributed by atoms with E-state index < -0.39 is 5.41 Å². The maximum absolute atomic E-state index is 11.9. The zero-order valence-electron chi connectivity index (χ0n) is 11.3. The summed E-state index contributed by atoms with van der Waals surface area (Å²) in [5.41, 5.74) is 2.54. The van der Waals surface area contributed by atoms with Gasteiger partial charge in [0, 0.05) is 11.8 Å². The first-order valence-corrected chi connectivity index (χ1v) is 5.85. The van der Waals surface area contributed by atoms with Gasteiger partial charge in [0.05, 0.1) is 0 Å². The summed E-state index contributed by atoms with van der Waals surface area (Å²) in [6, 6.07) is 5.97. The molecule has 0 unspecified atom stereocenters. The third-order valence-corrected chi connectivity index (χ3v) is 2.79. The van der Waals surface area contributed by atoms with Gasteiger partial charge >= 0.3 is 0 Å². The lowest BCUT2D eigenvalue weighted by molar-refractivity contribution is -0.140. The third kappa shape index (κ3) is 3.52. The van der Waals surface area contributed by atoms with E-state index in [-0.39, 0.29) is 18.0 Å². The van der Waals surface area contributed by atoms with Gasteiger partial charge in [-0.15, -0.1) is 0 Å². The molecule has 1 aromatic rings. The smallest absolute Gasteiger partial charge is 0.204 e. The van der Waals surface area contributed by atoms with Gasteiger partial charge in [-0.1, -0.05) is 44.5 Å². The molecule has 0 N–H and O–H groups in total. The minimum atomic E-state index is -0.588. The van der Waals surface area contributed by atoms with Gasteiger partial charge in [0.2, 0.25) is 11.6 Å². The van der Waals surface area contributed by atoms with Crippen molar-refractivity contribution in [2.24, 2.45) is 5.41 Å². The maximum atomic E-state index is 11.9. The van der Waals surface area contributed by atoms with Crippen molar-refractivity contribution in [2.75, 3.05) is 0 Å². The number of carbonyl (C=O) groups excluding carboxylic acids is 2. The average molecular weight is 232 g/mol. The third-order valence-electron chi connectivity index (χ3n) is 2.79. The quantitative estimate of drug-likeness (QED) is 0.751. The molecule has 2 nitrogen and oxygen atoms in total. The Balaban J connectivity index is 2.89. The van der Waals surface area contributed by atoms with Crippen molar-refractivity contribution < 1.29 is 9.59 Å². The van der Waals surface area contributed by atoms with Crippen LogP contribution in [0.3, 0.4) is 0 Å². The number of rotatable bonds is 3. The first-order chi connectivity index (χ1) is 7.71. The molecule has 1 rings (SSSR count). The number of hydrogen-bond acceptors (Lipinski definition) is 2. The van der Waals surface area contributed by atoms with Gasteiger partial charge in [-0.25, -0.2) is 0 Å². The second-order valence-corrected chi connectivity index (χ2v) is 5.61. The number of aryl methyl sites for hydroxylation is 2. The summed E-state index contributed by atoms with van der Waals surface area (Å²) < 4.78 is 0. The van der Waals surface area contributed by atoms with Crippen LogP contribution in [0.2, 0.25) is 0 Å². The van der Waals surface area contributed by atoms with E-state index in [1.165, 1.54) is 0 Å². The highest BCUT2D eigenvalue weighted by molar-refractivity contribution is 6.39. The van der Waals surface area contributed by atoms with Crippen LogP contribution in [0.25, 0.3) is 0 Å². The number of Topliss-reactive ketones (excluding diaryl/α,β-unsaturated/α-hetero) is 2. The molecule has 92 valence electrons. The van der Waals surface area contributed by atoms with E-state index in [0.29, 0.717) is 0 Å². The highest BCUT2D eigenvalue weighted by Crippen LogP contribution is 2.18. The fraction of sp³-hybridized carbons (Fsp3) is 0.467. The summed E-state index contributed by atoms with van der Waals surface area (Å²) in [6.45, 7) is 9.27. The molecule has 0 atom stereocenters. The van der Waals surface area contributed by atoms with Crippen molar-refractivity contribution in [3.8, 4) is 0 Å². The Kier molecular flexibility index (Phi) is 3.87. The molecule has 17 heavy (non-hydrogen) atoms. The molecule has 1 aromatic carbocycles. The van der Waals surface area contributed by atoms with Crippen LogP contribution in [0.15, 0.2) is 18.2 Å². The molecule has 0 fully saturated rings. The Morgan fingerprint density at radius 3 is 2.24 bits per heavy atom. The van der Waals surface area contributed by atoms with Crippen molar-refractivity contribution in [3.05, 3.63) is 34.9 Å². The first-order valence-electron chi connectivity index (χ1n) is 5.85. The van der Waals surface area contributed by atoms with Gasteiger partial charge in [0.25, 0.3) is 0 Å². The van der Waals surface area contributed by atoms with Gasteiger partial charge in [-0.3, -0.25) is 9.59 Å². The highest BCUT2D eigenvalue weighted by atomic mass is 16.2. The van der Waals surface area contributed by atoms with Crippen LogP contribution in [-0.4, -0.2) is 11.6 Å². The summed E-state index contributed by atoms with van der Waals surface area (Å²) in [7, 11) is 0. The summed E-state index contributed by atoms with van der Waals surface area (Å²) in [5.74, 6) is -0.593. The number of ketones is 2. The Hall–Kier alpha value is -1.44. The summed E-state index contributed by atoms with van der Waals surface area (Å²) in [4.78, 5) is 23.7. The van der Waals surface area contributed by atoms with E-state index in [0.717, 1.165) is 16.7 Å². The van der Waals surface area contributed by atoms with E-state index in [1.54, 1.807) is 20.8 Å². The summed E-state index contributed by atoms with van der Waals surface area (Å²) >= 11 is 0. The van der Waals surface area contributed by atoms with Crippen LogP contribution in [0.5, 0.6) is 0 Å². The molecule has 0 aliphatic rings. The number of benzene rings is 1. The molecule has 0 aliphatic heterocycles. The Labute approximate surface area is 103 Å². The van der Waals surface area contributed by atoms with E-state index in [4.69, 9.17) is 0 Å². The molecule has 0 saturated heterocycles. The topological polar surface area (TPSA) is 34.1 Å². The lowest BCUT2D eigenvalue weighted by atomic mass is 9.86. The van der Waals surface area contributed by atoms with E-state index in [9.17, 15) is 9.59 Å². The fourth-order valence-electron chi connectivity index (χ4n) is 1.66. The first kappa shape index (κ1) is 13.6. The monoisotopic (exact) mass is 232 g/mol. The molecule has 0 spiro atoms. The van der Waals surface area contributed by atoms with E-state index >= 15 is 0 Å². The zero-order valence-corrected chi connectivity index (χ0v) is 11.3. The van der Waals surface area contributed by atoms with Crippen LogP contribution in [0.4, 0.5) is 0 Å². The minimum Gasteiger partial charge on any atom is -0.290 e. The van der Waals surface area contributed by atoms with Crippen molar-refractivity contribution >= 4 is 11.6 Å². The Bertz CT molecular complexity index is 450. The molecule has 0 aliphatic carbocycles. The zero-order chi connectivity index (χ0) is 13.2. The summed E-state index contributed by atoms with van der Waals surface area (Å²) in [5, 5.41) is 0. The van der Waals surface area contributed by atoms with Crippen LogP contribution in [0.1, 0.15) is 37.5 Å². The fourth-order valence-corrected chi connectivity index (χ4v) is 1.66. The molecule has 0 bridgehead atoms. The predicted octanol–water partition coefficient (Wildman–Crippen LogP) is 3.03. The predicted molar refractivity (Wildman–Crippen MR) is 69.1 cm³/mol. The van der Waals surface area contributed by atoms with Gasteiger partial charge < -0.3 is 0 Å². The highest BCUT2D eigenvalue weighted by Gasteiger charge is 2.28. The van der Waals surface area contributed by atoms with Gasteiger partial charge in [0.1, 0.15) is 0 Å². The number of hydrogen-bond donors (Lipinski definition) is 0. The van der Waals surface area contributed by atoms with Crippen LogP contribution in [-0.2, 0) is 16.0 Å². The van der Waals surface area contributed by atoms with Gasteiger partial charge in [-0.2, -0.15) is 0 Å². The largest absolute Gasteiger partial charge is 0.290 e. The second-order valence-electron chi connectivity index (χ2n) is 5.61. The van der Waals surface area contributed by atoms with E-state index in [1.807, 2.05) is 32.0 Å². The van der Waals surface area contributed by atoms with Gasteiger partial charge in [-0.05, 0) is 25.0 Å².